The van der Waals surface area contributed by atoms with Crippen LogP contribution in [0.1, 0.15) is 175 Å². The number of rotatable bonds is 41. The van der Waals surface area contributed by atoms with Crippen LogP contribution in [-0.4, -0.2) is 37.9 Å². The van der Waals surface area contributed by atoms with Crippen molar-refractivity contribution < 1.29 is 23.8 Å². The number of hydrogen-bond acceptors (Lipinski definition) is 5. The van der Waals surface area contributed by atoms with Gasteiger partial charge >= 0.3 is 11.9 Å². The zero-order valence-corrected chi connectivity index (χ0v) is 38.4. The second-order valence-electron chi connectivity index (χ2n) is 14.9. The van der Waals surface area contributed by atoms with Gasteiger partial charge < -0.3 is 14.2 Å². The lowest BCUT2D eigenvalue weighted by molar-refractivity contribution is -0.162. The van der Waals surface area contributed by atoms with Crippen LogP contribution in [-0.2, 0) is 23.8 Å². The molecule has 0 aliphatic heterocycles. The Morgan fingerprint density at radius 1 is 0.383 bits per heavy atom. The number of carbonyl (C=O) groups excluding carboxylic acids is 2. The van der Waals surface area contributed by atoms with Crippen LogP contribution in [0.3, 0.4) is 0 Å². The molecule has 0 aliphatic rings. The summed E-state index contributed by atoms with van der Waals surface area (Å²) in [6, 6.07) is 0. The maximum Gasteiger partial charge on any atom is 0.306 e. The van der Waals surface area contributed by atoms with Crippen LogP contribution in [0, 0.1) is 0 Å². The van der Waals surface area contributed by atoms with E-state index in [9.17, 15) is 9.59 Å². The van der Waals surface area contributed by atoms with Crippen LogP contribution in [0.4, 0.5) is 0 Å². The Balaban J connectivity index is 4.37. The zero-order valence-electron chi connectivity index (χ0n) is 38.4. The van der Waals surface area contributed by atoms with Crippen LogP contribution in [0.5, 0.6) is 0 Å². The van der Waals surface area contributed by atoms with E-state index in [1.54, 1.807) is 0 Å². The first-order valence-corrected chi connectivity index (χ1v) is 23.7. The molecule has 0 aromatic heterocycles. The summed E-state index contributed by atoms with van der Waals surface area (Å²) in [4.78, 5) is 25.2. The maximum absolute atomic E-state index is 12.6. The standard InChI is InChI=1S/C55H86O5/c1-4-7-10-13-16-18-20-22-24-26-27-28-30-32-34-36-38-41-44-47-50-58-51-53(60-55(57)49-46-43-39-15-12-9-6-3)52-59-54(56)48-45-42-40-37-35-33-31-29-25-23-21-19-17-14-11-8-5-2/h7-8,10-11,16-19,22-25,27-28,31-34,37-38,40-41,53H,4-6,9,12-15,20-21,26,29-30,35-36,39,42-52H2,1-3H3/b10-7-,11-8-,18-16-,19-17-,24-22-,25-23-,28-27-,33-31-,34-32-,40-37-,41-38-. The topological polar surface area (TPSA) is 61.8 Å². The molecule has 5 heteroatoms. The van der Waals surface area contributed by atoms with Gasteiger partial charge in [-0.15, -0.1) is 0 Å². The van der Waals surface area contributed by atoms with Crippen molar-refractivity contribution in [3.05, 3.63) is 134 Å². The molecule has 0 rings (SSSR count). The summed E-state index contributed by atoms with van der Waals surface area (Å²) in [6.45, 7) is 7.32. The molecule has 0 aliphatic carbocycles. The molecule has 0 aromatic carbocycles. The summed E-state index contributed by atoms with van der Waals surface area (Å²) in [6.07, 6.45) is 70.6. The lowest BCUT2D eigenvalue weighted by Gasteiger charge is -2.18. The molecule has 60 heavy (non-hydrogen) atoms. The Kier molecular flexibility index (Phi) is 46.1. The number of esters is 2. The Morgan fingerprint density at radius 2 is 0.750 bits per heavy atom. The average molecular weight is 827 g/mol. The number of ether oxygens (including phenoxy) is 3. The van der Waals surface area contributed by atoms with E-state index in [1.165, 1.54) is 25.7 Å². The Morgan fingerprint density at radius 3 is 1.18 bits per heavy atom. The van der Waals surface area contributed by atoms with Gasteiger partial charge in [-0.3, -0.25) is 9.59 Å². The fourth-order valence-corrected chi connectivity index (χ4v) is 5.74. The van der Waals surface area contributed by atoms with Crippen LogP contribution < -0.4 is 0 Å². The molecular weight excluding hydrogens is 741 g/mol. The first-order chi connectivity index (χ1) is 29.6. The predicted octanol–water partition coefficient (Wildman–Crippen LogP) is 16.0. The number of carbonyl (C=O) groups is 2. The van der Waals surface area contributed by atoms with E-state index in [-0.39, 0.29) is 25.2 Å². The molecule has 0 radical (unpaired) electrons. The van der Waals surface area contributed by atoms with Gasteiger partial charge in [-0.1, -0.05) is 193 Å². The smallest absolute Gasteiger partial charge is 0.306 e. The molecule has 5 nitrogen and oxygen atoms in total. The summed E-state index contributed by atoms with van der Waals surface area (Å²) >= 11 is 0. The van der Waals surface area contributed by atoms with Crippen molar-refractivity contribution in [2.24, 2.45) is 0 Å². The van der Waals surface area contributed by atoms with E-state index in [1.807, 2.05) is 0 Å². The number of allylic oxidation sites excluding steroid dienone is 22. The lowest BCUT2D eigenvalue weighted by Crippen LogP contribution is -2.30. The molecule has 0 bridgehead atoms. The molecule has 0 heterocycles. The summed E-state index contributed by atoms with van der Waals surface area (Å²) < 4.78 is 17.2. The van der Waals surface area contributed by atoms with E-state index < -0.39 is 6.10 Å². The second-order valence-corrected chi connectivity index (χ2v) is 14.9. The Bertz CT molecular complexity index is 1300. The summed E-state index contributed by atoms with van der Waals surface area (Å²) in [5, 5.41) is 0. The summed E-state index contributed by atoms with van der Waals surface area (Å²) in [5.74, 6) is -0.516. The molecule has 0 N–H and O–H groups in total. The highest BCUT2D eigenvalue weighted by atomic mass is 16.6. The van der Waals surface area contributed by atoms with Gasteiger partial charge in [0.2, 0.25) is 0 Å². The Labute approximate surface area is 369 Å². The predicted molar refractivity (Wildman–Crippen MR) is 260 cm³/mol. The third kappa shape index (κ3) is 46.7. The molecule has 0 fully saturated rings. The number of hydrogen-bond donors (Lipinski definition) is 0. The second kappa shape index (κ2) is 49.4. The van der Waals surface area contributed by atoms with Gasteiger partial charge in [-0.25, -0.2) is 0 Å². The van der Waals surface area contributed by atoms with Gasteiger partial charge in [0.1, 0.15) is 6.61 Å². The minimum Gasteiger partial charge on any atom is -0.462 e. The van der Waals surface area contributed by atoms with Crippen LogP contribution in [0.2, 0.25) is 0 Å². The molecular formula is C55H86O5. The quantitative estimate of drug-likeness (QED) is 0.0349. The molecule has 0 saturated heterocycles. The highest BCUT2D eigenvalue weighted by Gasteiger charge is 2.17. The van der Waals surface area contributed by atoms with Gasteiger partial charge in [0, 0.05) is 19.4 Å². The Hall–Kier alpha value is -3.96. The fraction of sp³-hybridized carbons (Fsp3) is 0.564. The molecule has 0 saturated carbocycles. The van der Waals surface area contributed by atoms with Crippen LogP contribution in [0.15, 0.2) is 134 Å². The van der Waals surface area contributed by atoms with Crippen LogP contribution >= 0.6 is 0 Å². The van der Waals surface area contributed by atoms with Gasteiger partial charge in [-0.2, -0.15) is 0 Å². The van der Waals surface area contributed by atoms with E-state index in [4.69, 9.17) is 14.2 Å². The molecule has 336 valence electrons. The van der Waals surface area contributed by atoms with Gasteiger partial charge in [-0.05, 0) is 103 Å². The normalized spacial score (nSPS) is 13.4. The van der Waals surface area contributed by atoms with Crippen molar-refractivity contribution in [3.8, 4) is 0 Å². The molecule has 0 spiro atoms. The van der Waals surface area contributed by atoms with Crippen molar-refractivity contribution >= 4 is 11.9 Å². The van der Waals surface area contributed by atoms with Gasteiger partial charge in [0.25, 0.3) is 0 Å². The monoisotopic (exact) mass is 827 g/mol. The third-order valence-electron chi connectivity index (χ3n) is 9.18. The first kappa shape index (κ1) is 56.0. The van der Waals surface area contributed by atoms with Crippen molar-refractivity contribution in [2.45, 2.75) is 181 Å². The van der Waals surface area contributed by atoms with E-state index in [0.717, 1.165) is 116 Å². The van der Waals surface area contributed by atoms with E-state index in [2.05, 4.69) is 154 Å². The highest BCUT2D eigenvalue weighted by Crippen LogP contribution is 2.11. The van der Waals surface area contributed by atoms with Gasteiger partial charge in [0.15, 0.2) is 6.10 Å². The summed E-state index contributed by atoms with van der Waals surface area (Å²) in [7, 11) is 0. The van der Waals surface area contributed by atoms with Crippen molar-refractivity contribution in [1.82, 2.24) is 0 Å². The van der Waals surface area contributed by atoms with E-state index in [0.29, 0.717) is 19.4 Å². The highest BCUT2D eigenvalue weighted by molar-refractivity contribution is 5.70. The number of unbranched alkanes of at least 4 members (excludes halogenated alkanes) is 8. The third-order valence-corrected chi connectivity index (χ3v) is 9.18. The molecule has 0 aromatic rings. The zero-order chi connectivity index (χ0) is 43.5. The van der Waals surface area contributed by atoms with Crippen molar-refractivity contribution in [3.63, 3.8) is 0 Å². The largest absolute Gasteiger partial charge is 0.462 e. The average Bonchev–Trinajstić information content (AvgIpc) is 3.25. The van der Waals surface area contributed by atoms with Crippen molar-refractivity contribution in [2.75, 3.05) is 19.8 Å². The van der Waals surface area contributed by atoms with Crippen LogP contribution in [0.25, 0.3) is 0 Å². The first-order valence-electron chi connectivity index (χ1n) is 23.7. The minimum absolute atomic E-state index is 0.0242. The van der Waals surface area contributed by atoms with Crippen molar-refractivity contribution in [1.29, 1.82) is 0 Å². The lowest BCUT2D eigenvalue weighted by atomic mass is 10.1. The summed E-state index contributed by atoms with van der Waals surface area (Å²) in [5.41, 5.74) is 0. The van der Waals surface area contributed by atoms with E-state index >= 15 is 0 Å². The fourth-order valence-electron chi connectivity index (χ4n) is 5.74. The molecule has 1 atom stereocenters. The maximum atomic E-state index is 12.6. The SMILES string of the molecule is CC/C=C\C/C=C\C/C=C\C/C=C\C/C=C\C/C=C\CCCOCC(COC(=O)CCC/C=C\C/C=C\C/C=C\C/C=C\C/C=C\CC)OC(=O)CCCCCCCCC. The minimum atomic E-state index is -0.595. The molecule has 0 amide bonds. The van der Waals surface area contributed by atoms with Gasteiger partial charge in [0.05, 0.1) is 6.61 Å². The molecule has 1 unspecified atom stereocenters.